The number of anilines is 1. The minimum Gasteiger partial charge on any atom is -0.419 e. The first-order valence-corrected chi connectivity index (χ1v) is 12.2. The monoisotopic (exact) mass is 522 g/mol. The Kier molecular flexibility index (Phi) is 5.70. The summed E-state index contributed by atoms with van der Waals surface area (Å²) in [5.41, 5.74) is 1.77. The van der Waals surface area contributed by atoms with Gasteiger partial charge in [-0.15, -0.1) is 0 Å². The van der Waals surface area contributed by atoms with Crippen molar-refractivity contribution in [1.82, 2.24) is 4.98 Å². The zero-order valence-electron chi connectivity index (χ0n) is 16.4. The summed E-state index contributed by atoms with van der Waals surface area (Å²) in [6.45, 7) is 5.68. The second-order valence-electron chi connectivity index (χ2n) is 7.62. The largest absolute Gasteiger partial charge is 0.419 e. The van der Waals surface area contributed by atoms with E-state index in [0.29, 0.717) is 17.7 Å². The summed E-state index contributed by atoms with van der Waals surface area (Å²) in [4.78, 5) is 6.73. The predicted molar refractivity (Wildman–Crippen MR) is 122 cm³/mol. The normalized spacial score (nSPS) is 15.6. The lowest BCUT2D eigenvalue weighted by Crippen LogP contribution is -2.33. The van der Waals surface area contributed by atoms with Gasteiger partial charge in [0.2, 0.25) is 26.6 Å². The summed E-state index contributed by atoms with van der Waals surface area (Å²) in [5.74, 6) is 1.31. The fourth-order valence-electron chi connectivity index (χ4n) is 3.43. The summed E-state index contributed by atoms with van der Waals surface area (Å²) >= 11 is 2.23. The van der Waals surface area contributed by atoms with E-state index in [4.69, 9.17) is 4.42 Å². The van der Waals surface area contributed by atoms with Crippen LogP contribution >= 0.6 is 22.6 Å². The standard InChI is InChI=1S/C22H23IN2O3S/c1-15-3-9-19(10-4-15)29(26,27)21-22(25-13-11-16(2)12-14-25)28-20(24-21)17-5-7-18(23)8-6-17/h3-10,16H,11-14H2,1-2H3. The molecule has 0 saturated carbocycles. The second-order valence-corrected chi connectivity index (χ2v) is 10.7. The SMILES string of the molecule is Cc1ccc(S(=O)(=O)c2nc(-c3ccc(I)cc3)oc2N2CCC(C)CC2)cc1. The van der Waals surface area contributed by atoms with Gasteiger partial charge in [-0.1, -0.05) is 24.6 Å². The van der Waals surface area contributed by atoms with E-state index < -0.39 is 9.84 Å². The van der Waals surface area contributed by atoms with Gasteiger partial charge in [0.1, 0.15) is 0 Å². The zero-order valence-corrected chi connectivity index (χ0v) is 19.4. The Morgan fingerprint density at radius 2 is 1.66 bits per heavy atom. The van der Waals surface area contributed by atoms with Crippen LogP contribution in [0.3, 0.4) is 0 Å². The average Bonchev–Trinajstić information content (AvgIpc) is 3.16. The maximum Gasteiger partial charge on any atom is 0.236 e. The first kappa shape index (κ1) is 20.4. The summed E-state index contributed by atoms with van der Waals surface area (Å²) in [6, 6.07) is 14.6. The van der Waals surface area contributed by atoms with Gasteiger partial charge in [-0.05, 0) is 84.7 Å². The smallest absolute Gasteiger partial charge is 0.236 e. The molecule has 0 unspecified atom stereocenters. The van der Waals surface area contributed by atoms with Crippen LogP contribution in [0.2, 0.25) is 0 Å². The number of rotatable bonds is 4. The number of aromatic nitrogens is 1. The molecule has 5 nitrogen and oxygen atoms in total. The molecule has 1 fully saturated rings. The van der Waals surface area contributed by atoms with Crippen LogP contribution in [0.25, 0.3) is 11.5 Å². The highest BCUT2D eigenvalue weighted by Gasteiger charge is 2.32. The molecule has 0 spiro atoms. The van der Waals surface area contributed by atoms with Crippen LogP contribution in [0.5, 0.6) is 0 Å². The van der Waals surface area contributed by atoms with Crippen molar-refractivity contribution >= 4 is 38.3 Å². The Morgan fingerprint density at radius 1 is 1.03 bits per heavy atom. The molecule has 7 heteroatoms. The molecule has 1 aromatic heterocycles. The summed E-state index contributed by atoms with van der Waals surface area (Å²) in [5, 5.41) is 0.00413. The van der Waals surface area contributed by atoms with Gasteiger partial charge in [0, 0.05) is 22.2 Å². The number of nitrogens with zero attached hydrogens (tertiary/aromatic N) is 2. The van der Waals surface area contributed by atoms with E-state index in [0.717, 1.165) is 40.6 Å². The van der Waals surface area contributed by atoms with Gasteiger partial charge in [-0.3, -0.25) is 0 Å². The quantitative estimate of drug-likeness (QED) is 0.434. The zero-order chi connectivity index (χ0) is 20.6. The summed E-state index contributed by atoms with van der Waals surface area (Å²) in [7, 11) is -3.79. The highest BCUT2D eigenvalue weighted by Crippen LogP contribution is 2.36. The van der Waals surface area contributed by atoms with Crippen LogP contribution in [-0.4, -0.2) is 26.5 Å². The molecule has 0 N–H and O–H groups in total. The van der Waals surface area contributed by atoms with Gasteiger partial charge in [-0.25, -0.2) is 8.42 Å². The summed E-state index contributed by atoms with van der Waals surface area (Å²) < 4.78 is 34.0. The number of hydrogen-bond donors (Lipinski definition) is 0. The van der Waals surface area contributed by atoms with Crippen molar-refractivity contribution in [2.24, 2.45) is 5.92 Å². The van der Waals surface area contributed by atoms with Crippen molar-refractivity contribution in [3.05, 3.63) is 57.7 Å². The fourth-order valence-corrected chi connectivity index (χ4v) is 5.11. The minimum absolute atomic E-state index is 0.00413. The van der Waals surface area contributed by atoms with E-state index in [2.05, 4.69) is 34.5 Å². The highest BCUT2D eigenvalue weighted by atomic mass is 127. The molecule has 2 aromatic carbocycles. The number of oxazole rings is 1. The van der Waals surface area contributed by atoms with Crippen LogP contribution in [0.15, 0.2) is 62.9 Å². The molecule has 2 heterocycles. The molecular formula is C22H23IN2O3S. The fraction of sp³-hybridized carbons (Fsp3) is 0.318. The maximum atomic E-state index is 13.4. The van der Waals surface area contributed by atoms with Crippen LogP contribution < -0.4 is 4.90 Å². The lowest BCUT2D eigenvalue weighted by atomic mass is 9.99. The Balaban J connectivity index is 1.82. The highest BCUT2D eigenvalue weighted by molar-refractivity contribution is 14.1. The molecule has 0 atom stereocenters. The molecular weight excluding hydrogens is 499 g/mol. The molecule has 4 rings (SSSR count). The van der Waals surface area contributed by atoms with Crippen LogP contribution in [0, 0.1) is 16.4 Å². The average molecular weight is 522 g/mol. The van der Waals surface area contributed by atoms with Crippen molar-refractivity contribution in [2.45, 2.75) is 36.6 Å². The van der Waals surface area contributed by atoms with Gasteiger partial charge in [-0.2, -0.15) is 4.98 Å². The van der Waals surface area contributed by atoms with E-state index in [1.54, 1.807) is 24.3 Å². The third kappa shape index (κ3) is 4.21. The number of piperidine rings is 1. The van der Waals surface area contributed by atoms with E-state index in [1.807, 2.05) is 36.1 Å². The lowest BCUT2D eigenvalue weighted by Gasteiger charge is -2.30. The number of halogens is 1. The molecule has 0 bridgehead atoms. The number of benzene rings is 2. The molecule has 152 valence electrons. The van der Waals surface area contributed by atoms with Crippen molar-refractivity contribution < 1.29 is 12.8 Å². The predicted octanol–water partition coefficient (Wildman–Crippen LogP) is 5.32. The van der Waals surface area contributed by atoms with Crippen molar-refractivity contribution in [3.8, 4) is 11.5 Å². The van der Waals surface area contributed by atoms with Crippen molar-refractivity contribution in [3.63, 3.8) is 0 Å². The van der Waals surface area contributed by atoms with Gasteiger partial charge < -0.3 is 9.32 Å². The van der Waals surface area contributed by atoms with Crippen LogP contribution in [-0.2, 0) is 9.84 Å². The van der Waals surface area contributed by atoms with Gasteiger partial charge in [0.15, 0.2) is 0 Å². The number of aryl methyl sites for hydroxylation is 1. The van der Waals surface area contributed by atoms with Gasteiger partial charge >= 0.3 is 0 Å². The summed E-state index contributed by atoms with van der Waals surface area (Å²) in [6.07, 6.45) is 2.01. The van der Waals surface area contributed by atoms with Crippen LogP contribution in [0.4, 0.5) is 5.88 Å². The Morgan fingerprint density at radius 3 is 2.28 bits per heavy atom. The van der Waals surface area contributed by atoms with Gasteiger partial charge in [0.25, 0.3) is 0 Å². The molecule has 3 aromatic rings. The Hall–Kier alpha value is -1.87. The van der Waals surface area contributed by atoms with E-state index in [1.165, 1.54) is 0 Å². The van der Waals surface area contributed by atoms with E-state index >= 15 is 0 Å². The first-order chi connectivity index (χ1) is 13.8. The van der Waals surface area contributed by atoms with E-state index in [-0.39, 0.29) is 9.92 Å². The maximum absolute atomic E-state index is 13.4. The van der Waals surface area contributed by atoms with E-state index in [9.17, 15) is 8.42 Å². The molecule has 1 aliphatic heterocycles. The minimum atomic E-state index is -3.79. The molecule has 0 amide bonds. The van der Waals surface area contributed by atoms with Crippen LogP contribution in [0.1, 0.15) is 25.3 Å². The molecule has 1 aliphatic rings. The number of hydrogen-bond acceptors (Lipinski definition) is 5. The van der Waals surface area contributed by atoms with Crippen molar-refractivity contribution in [1.29, 1.82) is 0 Å². The second kappa shape index (κ2) is 8.10. The molecule has 0 aliphatic carbocycles. The number of sulfone groups is 1. The Labute approximate surface area is 185 Å². The third-order valence-electron chi connectivity index (χ3n) is 5.33. The third-order valence-corrected chi connectivity index (χ3v) is 7.71. The first-order valence-electron chi connectivity index (χ1n) is 9.68. The molecule has 1 saturated heterocycles. The van der Waals surface area contributed by atoms with Crippen molar-refractivity contribution in [2.75, 3.05) is 18.0 Å². The topological polar surface area (TPSA) is 63.4 Å². The van der Waals surface area contributed by atoms with Gasteiger partial charge in [0.05, 0.1) is 4.90 Å². The lowest BCUT2D eigenvalue weighted by molar-refractivity contribution is 0.415. The Bertz CT molecular complexity index is 1100. The molecule has 0 radical (unpaired) electrons. The molecule has 29 heavy (non-hydrogen) atoms.